The number of rotatable bonds is 6. The number of anilines is 2. The summed E-state index contributed by atoms with van der Waals surface area (Å²) in [6.07, 6.45) is -1.04. The summed E-state index contributed by atoms with van der Waals surface area (Å²) in [5, 5.41) is 5.90. The number of benzene rings is 2. The van der Waals surface area contributed by atoms with Crippen molar-refractivity contribution in [1.82, 2.24) is 4.98 Å². The van der Waals surface area contributed by atoms with Crippen LogP contribution >= 0.6 is 0 Å². The van der Waals surface area contributed by atoms with Crippen LogP contribution in [0.4, 0.5) is 11.4 Å². The van der Waals surface area contributed by atoms with Gasteiger partial charge in [-0.25, -0.2) is 4.79 Å². The minimum Gasteiger partial charge on any atom is -0.451 e. The molecular weight excluding hydrogens is 398 g/mol. The molecule has 0 saturated heterocycles. The zero-order valence-electron chi connectivity index (χ0n) is 17.7. The number of hydrogen-bond acceptors (Lipinski definition) is 5. The van der Waals surface area contributed by atoms with Crippen molar-refractivity contribution < 1.29 is 23.9 Å². The number of carbonyl (C=O) groups excluding carboxylic acids is 4. The van der Waals surface area contributed by atoms with Crippen LogP contribution in [0.5, 0.6) is 0 Å². The molecular formula is C23H23N3O5. The molecule has 0 radical (unpaired) electrons. The lowest BCUT2D eigenvalue weighted by atomic mass is 10.0. The maximum Gasteiger partial charge on any atom is 0.338 e. The fourth-order valence-electron chi connectivity index (χ4n) is 3.38. The topological polar surface area (TPSA) is 117 Å². The largest absolute Gasteiger partial charge is 0.451 e. The molecule has 0 aliphatic heterocycles. The van der Waals surface area contributed by atoms with Gasteiger partial charge in [0.25, 0.3) is 0 Å². The van der Waals surface area contributed by atoms with Crippen molar-refractivity contribution in [2.75, 3.05) is 10.6 Å². The molecule has 0 aliphatic rings. The van der Waals surface area contributed by atoms with Crippen LogP contribution in [0.1, 0.15) is 47.2 Å². The molecule has 1 atom stereocenters. The van der Waals surface area contributed by atoms with Crippen LogP contribution in [-0.2, 0) is 14.3 Å². The Balaban J connectivity index is 1.85. The Hall–Kier alpha value is -3.94. The molecule has 8 nitrogen and oxygen atoms in total. The Morgan fingerprint density at radius 1 is 0.935 bits per heavy atom. The number of ketones is 1. The second-order valence-corrected chi connectivity index (χ2v) is 7.24. The van der Waals surface area contributed by atoms with Gasteiger partial charge in [-0.05, 0) is 38.1 Å². The minimum absolute atomic E-state index is 0.0882. The molecule has 0 fully saturated rings. The van der Waals surface area contributed by atoms with Gasteiger partial charge in [0.1, 0.15) is 0 Å². The highest BCUT2D eigenvalue weighted by molar-refractivity contribution is 6.12. The maximum absolute atomic E-state index is 13.0. The number of para-hydroxylation sites is 1. The van der Waals surface area contributed by atoms with Crippen LogP contribution in [0.15, 0.2) is 42.5 Å². The lowest BCUT2D eigenvalue weighted by molar-refractivity contribution is -0.115. The average molecular weight is 421 g/mol. The normalized spacial score (nSPS) is 11.6. The van der Waals surface area contributed by atoms with E-state index in [0.29, 0.717) is 22.6 Å². The Labute approximate surface area is 179 Å². The van der Waals surface area contributed by atoms with Gasteiger partial charge in [-0.15, -0.1) is 0 Å². The van der Waals surface area contributed by atoms with Crippen molar-refractivity contribution in [1.29, 1.82) is 0 Å². The van der Waals surface area contributed by atoms with Gasteiger partial charge in [-0.2, -0.15) is 0 Å². The third-order valence-corrected chi connectivity index (χ3v) is 4.60. The van der Waals surface area contributed by atoms with E-state index in [0.717, 1.165) is 10.9 Å². The quantitative estimate of drug-likeness (QED) is 0.413. The molecule has 31 heavy (non-hydrogen) atoms. The van der Waals surface area contributed by atoms with Crippen molar-refractivity contribution in [3.8, 4) is 0 Å². The van der Waals surface area contributed by atoms with Crippen molar-refractivity contribution >= 4 is 45.8 Å². The zero-order chi connectivity index (χ0) is 22.7. The lowest BCUT2D eigenvalue weighted by Crippen LogP contribution is -2.25. The van der Waals surface area contributed by atoms with E-state index in [1.54, 1.807) is 6.92 Å². The third-order valence-electron chi connectivity index (χ3n) is 4.60. The SMILES string of the molecule is CC(=O)Nc1cc(NC(C)=O)cc(C(=O)O[C@H](C)C(=O)c2c(C)[nH]c3ccccc23)c1. The molecule has 2 amide bonds. The van der Waals surface area contributed by atoms with Gasteiger partial charge >= 0.3 is 5.97 Å². The summed E-state index contributed by atoms with van der Waals surface area (Å²) in [4.78, 5) is 51.7. The number of ether oxygens (including phenoxy) is 1. The monoisotopic (exact) mass is 421 g/mol. The summed E-state index contributed by atoms with van der Waals surface area (Å²) in [5.74, 6) is -1.75. The Kier molecular flexibility index (Phi) is 6.20. The fourth-order valence-corrected chi connectivity index (χ4v) is 3.38. The van der Waals surface area contributed by atoms with Crippen molar-refractivity contribution in [2.24, 2.45) is 0 Å². The van der Waals surface area contributed by atoms with E-state index in [1.165, 1.54) is 39.0 Å². The van der Waals surface area contributed by atoms with Crippen LogP contribution in [0.2, 0.25) is 0 Å². The van der Waals surface area contributed by atoms with E-state index >= 15 is 0 Å². The zero-order valence-corrected chi connectivity index (χ0v) is 17.7. The molecule has 0 aliphatic carbocycles. The molecule has 0 spiro atoms. The number of hydrogen-bond donors (Lipinski definition) is 3. The summed E-state index contributed by atoms with van der Waals surface area (Å²) in [6.45, 7) is 5.95. The van der Waals surface area contributed by atoms with Crippen molar-refractivity contribution in [2.45, 2.75) is 33.8 Å². The molecule has 8 heteroatoms. The number of amides is 2. The summed E-state index contributed by atoms with van der Waals surface area (Å²) < 4.78 is 5.42. The number of aromatic nitrogens is 1. The highest BCUT2D eigenvalue weighted by Gasteiger charge is 2.25. The predicted molar refractivity (Wildman–Crippen MR) is 117 cm³/mol. The van der Waals surface area contributed by atoms with Crippen LogP contribution in [-0.4, -0.2) is 34.7 Å². The van der Waals surface area contributed by atoms with Gasteiger partial charge in [0.15, 0.2) is 6.10 Å². The van der Waals surface area contributed by atoms with Crippen LogP contribution < -0.4 is 10.6 Å². The Morgan fingerprint density at radius 3 is 2.10 bits per heavy atom. The van der Waals surface area contributed by atoms with E-state index in [4.69, 9.17) is 4.74 Å². The molecule has 1 aromatic heterocycles. The number of Topliss-reactive ketones (excluding diaryl/α,β-unsaturated/α-hetero) is 1. The van der Waals surface area contributed by atoms with E-state index in [-0.39, 0.29) is 23.2 Å². The molecule has 2 aromatic carbocycles. The predicted octanol–water partition coefficient (Wildman–Crippen LogP) is 3.82. The molecule has 0 saturated carbocycles. The van der Waals surface area contributed by atoms with Crippen LogP contribution in [0.3, 0.4) is 0 Å². The fraction of sp³-hybridized carbons (Fsp3) is 0.217. The van der Waals surface area contributed by atoms with Gasteiger partial charge in [0.2, 0.25) is 17.6 Å². The number of carbonyl (C=O) groups is 4. The first-order valence-corrected chi connectivity index (χ1v) is 9.68. The number of aromatic amines is 1. The number of H-pyrrole nitrogens is 1. The first-order valence-electron chi connectivity index (χ1n) is 9.68. The lowest BCUT2D eigenvalue weighted by Gasteiger charge is -2.14. The molecule has 0 unspecified atom stereocenters. The molecule has 3 N–H and O–H groups in total. The summed E-state index contributed by atoms with van der Waals surface area (Å²) in [6, 6.07) is 11.8. The van der Waals surface area contributed by atoms with E-state index in [9.17, 15) is 19.2 Å². The highest BCUT2D eigenvalue weighted by Crippen LogP contribution is 2.25. The first kappa shape index (κ1) is 21.8. The van der Waals surface area contributed by atoms with Gasteiger partial charge in [0.05, 0.1) is 5.56 Å². The average Bonchev–Trinajstić information content (AvgIpc) is 3.01. The van der Waals surface area contributed by atoms with Gasteiger partial charge in [-0.1, -0.05) is 18.2 Å². The Morgan fingerprint density at radius 2 is 1.52 bits per heavy atom. The van der Waals surface area contributed by atoms with Crippen LogP contribution in [0.25, 0.3) is 10.9 Å². The molecule has 3 aromatic rings. The smallest absolute Gasteiger partial charge is 0.338 e. The number of nitrogens with one attached hydrogen (secondary N) is 3. The van der Waals surface area contributed by atoms with Gasteiger partial charge in [0, 0.05) is 47.4 Å². The second-order valence-electron chi connectivity index (χ2n) is 7.24. The third kappa shape index (κ3) is 4.98. The van der Waals surface area contributed by atoms with E-state index in [1.807, 2.05) is 24.3 Å². The van der Waals surface area contributed by atoms with E-state index in [2.05, 4.69) is 15.6 Å². The van der Waals surface area contributed by atoms with Gasteiger partial charge in [-0.3, -0.25) is 14.4 Å². The molecule has 3 rings (SSSR count). The molecule has 1 heterocycles. The second kappa shape index (κ2) is 8.83. The summed E-state index contributed by atoms with van der Waals surface area (Å²) in [5.41, 5.74) is 2.71. The van der Waals surface area contributed by atoms with Crippen LogP contribution in [0, 0.1) is 6.92 Å². The van der Waals surface area contributed by atoms with Gasteiger partial charge < -0.3 is 20.4 Å². The molecule has 0 bridgehead atoms. The number of aryl methyl sites for hydroxylation is 1. The summed E-state index contributed by atoms with van der Waals surface area (Å²) >= 11 is 0. The highest BCUT2D eigenvalue weighted by atomic mass is 16.5. The first-order chi connectivity index (χ1) is 14.7. The standard InChI is InChI=1S/C23H23N3O5/c1-12-21(19-7-5-6-8-20(19)24-12)22(29)13(2)31-23(30)16-9-17(25-14(3)27)11-18(10-16)26-15(4)28/h5-11,13,24H,1-4H3,(H,25,27)(H,26,28)/t13-/m1/s1. The van der Waals surface area contributed by atoms with Crippen molar-refractivity contribution in [3.63, 3.8) is 0 Å². The Bertz CT molecular complexity index is 1160. The van der Waals surface area contributed by atoms with Crippen molar-refractivity contribution in [3.05, 3.63) is 59.3 Å². The maximum atomic E-state index is 13.0. The minimum atomic E-state index is -1.04. The summed E-state index contributed by atoms with van der Waals surface area (Å²) in [7, 11) is 0. The number of esters is 1. The number of fused-ring (bicyclic) bond motifs is 1. The van der Waals surface area contributed by atoms with E-state index < -0.39 is 12.1 Å². The molecule has 160 valence electrons.